The SMILES string of the molecule is CC(CC1(C)CC(O)(c2nc3ccc(C#N)cc3s2)C1)OCc1c(-c2c(Cl)cccc2Cl)noc1C1CC1. The van der Waals surface area contributed by atoms with Crippen LogP contribution >= 0.6 is 34.5 Å². The van der Waals surface area contributed by atoms with Crippen molar-refractivity contribution in [1.82, 2.24) is 10.1 Å². The zero-order chi connectivity index (χ0) is 26.7. The minimum Gasteiger partial charge on any atom is -0.383 e. The van der Waals surface area contributed by atoms with Crippen LogP contribution in [-0.2, 0) is 16.9 Å². The number of fused-ring (bicyclic) bond motifs is 1. The summed E-state index contributed by atoms with van der Waals surface area (Å²) in [6.07, 6.45) is 4.13. The van der Waals surface area contributed by atoms with E-state index >= 15 is 0 Å². The Balaban J connectivity index is 1.14. The van der Waals surface area contributed by atoms with E-state index in [1.54, 1.807) is 18.2 Å². The second kappa shape index (κ2) is 9.62. The summed E-state index contributed by atoms with van der Waals surface area (Å²) in [6.45, 7) is 4.61. The number of benzene rings is 2. The highest BCUT2D eigenvalue weighted by Gasteiger charge is 2.54. The number of thiazole rings is 1. The summed E-state index contributed by atoms with van der Waals surface area (Å²) < 4.78 is 13.0. The van der Waals surface area contributed by atoms with E-state index in [2.05, 4.69) is 30.1 Å². The number of hydrogen-bond donors (Lipinski definition) is 1. The average molecular weight is 569 g/mol. The standard InChI is InChI=1S/C29H27Cl2N3O3S/c1-16(11-28(2)14-29(35,15-28)27-33-22-9-6-17(12-32)10-23(22)38-27)36-13-19-25(34-37-26(19)18-7-8-18)24-20(30)4-3-5-21(24)31/h3-6,9-10,16,18,35H,7-8,11,13-15H2,1-2H3. The minimum absolute atomic E-state index is 0.0466. The van der Waals surface area contributed by atoms with Crippen molar-refractivity contribution in [2.45, 2.75) is 70.2 Å². The van der Waals surface area contributed by atoms with E-state index in [0.29, 0.717) is 57.2 Å². The second-order valence-electron chi connectivity index (χ2n) is 11.1. The van der Waals surface area contributed by atoms with Gasteiger partial charge in [0.05, 0.1) is 44.6 Å². The third kappa shape index (κ3) is 4.74. The molecule has 2 heterocycles. The normalized spacial score (nSPS) is 23.8. The van der Waals surface area contributed by atoms with Gasteiger partial charge in [-0.3, -0.25) is 0 Å². The summed E-state index contributed by atoms with van der Waals surface area (Å²) in [5.74, 6) is 1.23. The number of nitriles is 1. The molecule has 6 rings (SSSR count). The molecule has 2 aliphatic rings. The second-order valence-corrected chi connectivity index (χ2v) is 12.9. The summed E-state index contributed by atoms with van der Waals surface area (Å²) >= 11 is 14.4. The largest absolute Gasteiger partial charge is 0.383 e. The van der Waals surface area contributed by atoms with Crippen molar-refractivity contribution in [3.05, 3.63) is 68.3 Å². The van der Waals surface area contributed by atoms with Crippen LogP contribution < -0.4 is 0 Å². The molecular weight excluding hydrogens is 541 g/mol. The van der Waals surface area contributed by atoms with Gasteiger partial charge in [-0.1, -0.05) is 41.3 Å². The van der Waals surface area contributed by atoms with Gasteiger partial charge in [0.25, 0.3) is 0 Å². The molecule has 1 unspecified atom stereocenters. The average Bonchev–Trinajstić information content (AvgIpc) is 3.47. The predicted molar refractivity (Wildman–Crippen MR) is 148 cm³/mol. The third-order valence-electron chi connectivity index (χ3n) is 7.61. The smallest absolute Gasteiger partial charge is 0.145 e. The first-order valence-corrected chi connectivity index (χ1v) is 14.3. The van der Waals surface area contributed by atoms with Gasteiger partial charge in [-0.15, -0.1) is 11.3 Å². The van der Waals surface area contributed by atoms with E-state index in [9.17, 15) is 10.4 Å². The Bertz CT molecular complexity index is 1540. The van der Waals surface area contributed by atoms with Crippen LogP contribution in [0, 0.1) is 16.7 Å². The maximum absolute atomic E-state index is 11.4. The molecule has 4 aromatic rings. The Labute approximate surface area is 235 Å². The topological polar surface area (TPSA) is 92.2 Å². The summed E-state index contributed by atoms with van der Waals surface area (Å²) in [4.78, 5) is 4.67. The molecule has 2 saturated carbocycles. The van der Waals surface area contributed by atoms with Crippen LogP contribution in [0.2, 0.25) is 10.0 Å². The Hall–Kier alpha value is -2.47. The molecule has 0 radical (unpaired) electrons. The van der Waals surface area contributed by atoms with Crippen LogP contribution in [0.1, 0.15) is 73.8 Å². The molecule has 0 bridgehead atoms. The molecule has 1 atom stereocenters. The Morgan fingerprint density at radius 1 is 1.24 bits per heavy atom. The molecule has 1 N–H and O–H groups in total. The summed E-state index contributed by atoms with van der Waals surface area (Å²) in [7, 11) is 0. The molecular formula is C29H27Cl2N3O3S. The van der Waals surface area contributed by atoms with Crippen molar-refractivity contribution >= 4 is 44.8 Å². The van der Waals surface area contributed by atoms with Gasteiger partial charge in [0.15, 0.2) is 0 Å². The van der Waals surface area contributed by atoms with Gasteiger partial charge in [0, 0.05) is 17.0 Å². The lowest BCUT2D eigenvalue weighted by atomic mass is 9.58. The zero-order valence-electron chi connectivity index (χ0n) is 21.1. The van der Waals surface area contributed by atoms with Crippen molar-refractivity contribution in [3.8, 4) is 17.3 Å². The molecule has 2 fully saturated rings. The van der Waals surface area contributed by atoms with Crippen molar-refractivity contribution in [1.29, 1.82) is 5.26 Å². The summed E-state index contributed by atoms with van der Waals surface area (Å²) in [5.41, 5.74) is 2.62. The van der Waals surface area contributed by atoms with Crippen LogP contribution in [0.4, 0.5) is 0 Å². The highest BCUT2D eigenvalue weighted by Crippen LogP contribution is 2.57. The maximum atomic E-state index is 11.4. The number of hydrogen-bond acceptors (Lipinski definition) is 7. The first kappa shape index (κ1) is 25.8. The molecule has 6 nitrogen and oxygen atoms in total. The third-order valence-corrected chi connectivity index (χ3v) is 9.45. The summed E-state index contributed by atoms with van der Waals surface area (Å²) in [6, 6.07) is 13.0. The Morgan fingerprint density at radius 3 is 2.66 bits per heavy atom. The molecule has 2 aliphatic carbocycles. The number of aromatic nitrogens is 2. The van der Waals surface area contributed by atoms with Crippen LogP contribution in [0.15, 0.2) is 40.9 Å². The molecule has 2 aromatic carbocycles. The van der Waals surface area contributed by atoms with E-state index in [4.69, 9.17) is 32.5 Å². The quantitative estimate of drug-likeness (QED) is 0.232. The fourth-order valence-electron chi connectivity index (χ4n) is 5.88. The van der Waals surface area contributed by atoms with Crippen LogP contribution in [-0.4, -0.2) is 21.4 Å². The molecule has 0 saturated heterocycles. The molecule has 38 heavy (non-hydrogen) atoms. The number of ether oxygens (including phenoxy) is 1. The monoisotopic (exact) mass is 567 g/mol. The fraction of sp³-hybridized carbons (Fsp3) is 0.414. The fourth-order valence-corrected chi connectivity index (χ4v) is 7.54. The maximum Gasteiger partial charge on any atom is 0.145 e. The molecule has 0 spiro atoms. The molecule has 196 valence electrons. The van der Waals surface area contributed by atoms with Gasteiger partial charge in [-0.2, -0.15) is 5.26 Å². The van der Waals surface area contributed by atoms with Crippen LogP contribution in [0.25, 0.3) is 21.5 Å². The molecule has 9 heteroatoms. The highest BCUT2D eigenvalue weighted by atomic mass is 35.5. The first-order chi connectivity index (χ1) is 18.2. The highest BCUT2D eigenvalue weighted by molar-refractivity contribution is 7.18. The lowest BCUT2D eigenvalue weighted by Crippen LogP contribution is -2.49. The molecule has 0 aliphatic heterocycles. The molecule has 2 aromatic heterocycles. The van der Waals surface area contributed by atoms with E-state index in [1.165, 1.54) is 11.3 Å². The number of aliphatic hydroxyl groups is 1. The van der Waals surface area contributed by atoms with Crippen molar-refractivity contribution < 1.29 is 14.4 Å². The van der Waals surface area contributed by atoms with Gasteiger partial charge in [-0.25, -0.2) is 4.98 Å². The number of nitrogens with zero attached hydrogens (tertiary/aromatic N) is 3. The number of halogens is 2. The molecule has 0 amide bonds. The van der Waals surface area contributed by atoms with Crippen LogP contribution in [0.5, 0.6) is 0 Å². The number of rotatable bonds is 8. The zero-order valence-corrected chi connectivity index (χ0v) is 23.5. The van der Waals surface area contributed by atoms with Gasteiger partial charge in [0.1, 0.15) is 22.1 Å². The Kier molecular flexibility index (Phi) is 6.53. The van der Waals surface area contributed by atoms with Gasteiger partial charge in [-0.05, 0) is 74.8 Å². The van der Waals surface area contributed by atoms with Gasteiger partial charge in [0.2, 0.25) is 0 Å². The van der Waals surface area contributed by atoms with Crippen LogP contribution in [0.3, 0.4) is 0 Å². The van der Waals surface area contributed by atoms with E-state index < -0.39 is 5.60 Å². The van der Waals surface area contributed by atoms with Crippen molar-refractivity contribution in [2.75, 3.05) is 0 Å². The Morgan fingerprint density at radius 2 is 1.97 bits per heavy atom. The minimum atomic E-state index is -0.952. The van der Waals surface area contributed by atoms with Gasteiger partial charge >= 0.3 is 0 Å². The van der Waals surface area contributed by atoms with E-state index in [1.807, 2.05) is 18.2 Å². The van der Waals surface area contributed by atoms with Gasteiger partial charge < -0.3 is 14.4 Å². The first-order valence-electron chi connectivity index (χ1n) is 12.8. The summed E-state index contributed by atoms with van der Waals surface area (Å²) in [5, 5.41) is 26.7. The lowest BCUT2D eigenvalue weighted by molar-refractivity contribution is -0.144. The lowest BCUT2D eigenvalue weighted by Gasteiger charge is -2.51. The van der Waals surface area contributed by atoms with E-state index in [0.717, 1.165) is 40.8 Å². The van der Waals surface area contributed by atoms with Crippen molar-refractivity contribution in [2.24, 2.45) is 5.41 Å². The van der Waals surface area contributed by atoms with E-state index in [-0.39, 0.29) is 11.5 Å². The van der Waals surface area contributed by atoms with Crippen molar-refractivity contribution in [3.63, 3.8) is 0 Å². The predicted octanol–water partition coefficient (Wildman–Crippen LogP) is 7.99.